The van der Waals surface area contributed by atoms with Crippen molar-refractivity contribution in [2.24, 2.45) is 4.99 Å². The second-order valence-electron chi connectivity index (χ2n) is 1.70. The number of isothiocyanates is 1. The second-order valence-corrected chi connectivity index (χ2v) is 1.88. The highest BCUT2D eigenvalue weighted by molar-refractivity contribution is 7.78. The highest BCUT2D eigenvalue weighted by Gasteiger charge is 1.89. The molecule has 0 N–H and O–H groups in total. The van der Waals surface area contributed by atoms with Crippen LogP contribution in [-0.4, -0.2) is 15.1 Å². The van der Waals surface area contributed by atoms with Gasteiger partial charge in [-0.25, -0.2) is 9.97 Å². The topological polar surface area (TPSA) is 38.1 Å². The first kappa shape index (κ1) is 6.99. The van der Waals surface area contributed by atoms with Crippen LogP contribution in [0.4, 0.5) is 5.95 Å². The summed E-state index contributed by atoms with van der Waals surface area (Å²) in [5, 5.41) is 2.19. The summed E-state index contributed by atoms with van der Waals surface area (Å²) in [6.07, 6.45) is 1.63. The SMILES string of the molecule is Cc1ccnc(N=C=S)n1. The first-order valence-electron chi connectivity index (χ1n) is 2.70. The molecule has 4 heteroatoms. The van der Waals surface area contributed by atoms with Crippen molar-refractivity contribution in [3.63, 3.8) is 0 Å². The van der Waals surface area contributed by atoms with E-state index in [2.05, 4.69) is 32.3 Å². The first-order chi connectivity index (χ1) is 4.83. The van der Waals surface area contributed by atoms with Crippen LogP contribution < -0.4 is 0 Å². The summed E-state index contributed by atoms with van der Waals surface area (Å²) in [5.41, 5.74) is 0.874. The summed E-state index contributed by atoms with van der Waals surface area (Å²) in [4.78, 5) is 11.4. The lowest BCUT2D eigenvalue weighted by Crippen LogP contribution is -1.82. The Morgan fingerprint density at radius 2 is 2.50 bits per heavy atom. The molecule has 1 aromatic rings. The summed E-state index contributed by atoms with van der Waals surface area (Å²) in [5.74, 6) is 0.370. The van der Waals surface area contributed by atoms with E-state index >= 15 is 0 Å². The van der Waals surface area contributed by atoms with Crippen LogP contribution >= 0.6 is 12.2 Å². The van der Waals surface area contributed by atoms with Gasteiger partial charge in [-0.3, -0.25) is 0 Å². The minimum Gasteiger partial charge on any atom is -0.219 e. The predicted molar refractivity (Wildman–Crippen MR) is 41.5 cm³/mol. The average molecular weight is 151 g/mol. The number of thiocarbonyl (C=S) groups is 1. The van der Waals surface area contributed by atoms with Crippen molar-refractivity contribution in [1.29, 1.82) is 0 Å². The Balaban J connectivity index is 3.06. The average Bonchev–Trinajstić information content (AvgIpc) is 1.88. The van der Waals surface area contributed by atoms with Crippen molar-refractivity contribution in [1.82, 2.24) is 9.97 Å². The number of hydrogen-bond donors (Lipinski definition) is 0. The van der Waals surface area contributed by atoms with Gasteiger partial charge < -0.3 is 0 Å². The minimum absolute atomic E-state index is 0.370. The van der Waals surface area contributed by atoms with Crippen LogP contribution in [0, 0.1) is 6.92 Å². The van der Waals surface area contributed by atoms with Gasteiger partial charge in [-0.2, -0.15) is 4.99 Å². The third-order valence-electron chi connectivity index (χ3n) is 0.928. The maximum atomic E-state index is 4.38. The summed E-state index contributed by atoms with van der Waals surface area (Å²) >= 11 is 4.38. The zero-order valence-corrected chi connectivity index (χ0v) is 6.22. The molecule has 3 nitrogen and oxygen atoms in total. The van der Waals surface area contributed by atoms with E-state index in [1.807, 2.05) is 6.92 Å². The van der Waals surface area contributed by atoms with Gasteiger partial charge >= 0.3 is 0 Å². The summed E-state index contributed by atoms with van der Waals surface area (Å²) in [7, 11) is 0. The molecule has 0 aliphatic heterocycles. The Hall–Kier alpha value is -1.12. The Morgan fingerprint density at radius 3 is 3.10 bits per heavy atom. The highest BCUT2D eigenvalue weighted by atomic mass is 32.1. The second kappa shape index (κ2) is 3.15. The molecule has 0 saturated carbocycles. The van der Waals surface area contributed by atoms with Gasteiger partial charge in [-0.1, -0.05) is 0 Å². The fraction of sp³-hybridized carbons (Fsp3) is 0.167. The summed E-state index contributed by atoms with van der Waals surface area (Å²) < 4.78 is 0. The molecule has 0 atom stereocenters. The molecule has 50 valence electrons. The largest absolute Gasteiger partial charge is 0.258 e. The van der Waals surface area contributed by atoms with Crippen LogP contribution in [0.3, 0.4) is 0 Å². The van der Waals surface area contributed by atoms with Gasteiger partial charge in [0.25, 0.3) is 5.95 Å². The van der Waals surface area contributed by atoms with E-state index in [1.165, 1.54) is 0 Å². The van der Waals surface area contributed by atoms with Crippen molar-refractivity contribution >= 4 is 23.3 Å². The molecule has 0 aliphatic carbocycles. The van der Waals surface area contributed by atoms with E-state index in [0.29, 0.717) is 5.95 Å². The van der Waals surface area contributed by atoms with Crippen LogP contribution in [0.1, 0.15) is 5.69 Å². The number of nitrogens with zero attached hydrogens (tertiary/aromatic N) is 3. The lowest BCUT2D eigenvalue weighted by molar-refractivity contribution is 1.09. The highest BCUT2D eigenvalue weighted by Crippen LogP contribution is 2.00. The number of aliphatic imine (C=N–C) groups is 1. The molecule has 1 aromatic heterocycles. The van der Waals surface area contributed by atoms with Crippen molar-refractivity contribution in [3.8, 4) is 0 Å². The predicted octanol–water partition coefficient (Wildman–Crippen LogP) is 1.52. The Bertz CT molecular complexity index is 278. The van der Waals surface area contributed by atoms with E-state index in [4.69, 9.17) is 0 Å². The molecule has 0 fully saturated rings. The molecule has 0 radical (unpaired) electrons. The molecule has 0 saturated heterocycles. The molecule has 0 bridgehead atoms. The third kappa shape index (κ3) is 1.69. The minimum atomic E-state index is 0.370. The van der Waals surface area contributed by atoms with Crippen molar-refractivity contribution in [3.05, 3.63) is 18.0 Å². The first-order valence-corrected chi connectivity index (χ1v) is 3.11. The number of rotatable bonds is 1. The molecule has 0 aliphatic rings. The molecular weight excluding hydrogens is 146 g/mol. The normalized spacial score (nSPS) is 8.50. The van der Waals surface area contributed by atoms with Crippen LogP contribution in [0.15, 0.2) is 17.3 Å². The Labute approximate surface area is 63.9 Å². The third-order valence-corrected chi connectivity index (χ3v) is 1.02. The van der Waals surface area contributed by atoms with Crippen molar-refractivity contribution < 1.29 is 0 Å². The molecule has 0 unspecified atom stereocenters. The van der Waals surface area contributed by atoms with E-state index in [9.17, 15) is 0 Å². The van der Waals surface area contributed by atoms with Gasteiger partial charge in [0.2, 0.25) is 0 Å². The van der Waals surface area contributed by atoms with Crippen LogP contribution in [-0.2, 0) is 0 Å². The Morgan fingerprint density at radius 1 is 1.70 bits per heavy atom. The molecule has 1 rings (SSSR count). The molecule has 1 heterocycles. The lowest BCUT2D eigenvalue weighted by Gasteiger charge is -1.89. The molecule has 10 heavy (non-hydrogen) atoms. The van der Waals surface area contributed by atoms with Crippen molar-refractivity contribution in [2.45, 2.75) is 6.92 Å². The fourth-order valence-electron chi connectivity index (χ4n) is 0.530. The van der Waals surface area contributed by atoms with Crippen LogP contribution in [0.2, 0.25) is 0 Å². The van der Waals surface area contributed by atoms with Gasteiger partial charge in [0.1, 0.15) is 0 Å². The summed E-state index contributed by atoms with van der Waals surface area (Å²) in [6, 6.07) is 1.79. The number of aromatic nitrogens is 2. The molecule has 0 aromatic carbocycles. The zero-order valence-electron chi connectivity index (χ0n) is 5.40. The fourth-order valence-corrected chi connectivity index (χ4v) is 0.612. The van der Waals surface area contributed by atoms with Gasteiger partial charge in [0, 0.05) is 11.9 Å². The quantitative estimate of drug-likeness (QED) is 0.451. The number of aryl methyl sites for hydroxylation is 1. The smallest absolute Gasteiger partial charge is 0.219 e. The van der Waals surface area contributed by atoms with Gasteiger partial charge in [0.05, 0.1) is 5.16 Å². The standard InChI is InChI=1S/C6H5N3S/c1-5-2-3-7-6(9-5)8-4-10/h2-3H,1H3. The van der Waals surface area contributed by atoms with E-state index < -0.39 is 0 Å². The van der Waals surface area contributed by atoms with E-state index in [1.54, 1.807) is 12.3 Å². The van der Waals surface area contributed by atoms with E-state index in [0.717, 1.165) is 5.69 Å². The van der Waals surface area contributed by atoms with Crippen LogP contribution in [0.5, 0.6) is 0 Å². The van der Waals surface area contributed by atoms with Crippen LogP contribution in [0.25, 0.3) is 0 Å². The molecular formula is C6H5N3S. The zero-order chi connectivity index (χ0) is 7.40. The maximum absolute atomic E-state index is 4.38. The number of hydrogen-bond acceptors (Lipinski definition) is 4. The monoisotopic (exact) mass is 151 g/mol. The van der Waals surface area contributed by atoms with Gasteiger partial charge in [-0.05, 0) is 25.2 Å². The summed E-state index contributed by atoms with van der Waals surface area (Å²) in [6.45, 7) is 1.87. The molecule has 0 amide bonds. The van der Waals surface area contributed by atoms with E-state index in [-0.39, 0.29) is 0 Å². The Kier molecular flexibility index (Phi) is 2.20. The van der Waals surface area contributed by atoms with Crippen molar-refractivity contribution in [2.75, 3.05) is 0 Å². The maximum Gasteiger partial charge on any atom is 0.258 e. The van der Waals surface area contributed by atoms with Gasteiger partial charge in [-0.15, -0.1) is 0 Å². The lowest BCUT2D eigenvalue weighted by atomic mass is 10.5. The van der Waals surface area contributed by atoms with Gasteiger partial charge in [0.15, 0.2) is 0 Å². The molecule has 0 spiro atoms.